The number of nitrogens with zero attached hydrogens (tertiary/aromatic N) is 3. The Balaban J connectivity index is 1.58. The first-order valence-electron chi connectivity index (χ1n) is 13.1. The zero-order chi connectivity index (χ0) is 26.9. The van der Waals surface area contributed by atoms with Crippen LogP contribution in [0.15, 0.2) is 52.4 Å². The van der Waals surface area contributed by atoms with Gasteiger partial charge in [-0.2, -0.15) is 0 Å². The fraction of sp³-hybridized carbons (Fsp3) is 0.414. The van der Waals surface area contributed by atoms with E-state index >= 15 is 0 Å². The van der Waals surface area contributed by atoms with Crippen LogP contribution < -0.4 is 9.47 Å². The van der Waals surface area contributed by atoms with E-state index in [9.17, 15) is 9.59 Å². The second-order valence-electron chi connectivity index (χ2n) is 8.94. The molecular formula is C29H35N3O5S. The number of morpholine rings is 1. The van der Waals surface area contributed by atoms with Crippen molar-refractivity contribution in [2.24, 2.45) is 4.99 Å². The van der Waals surface area contributed by atoms with E-state index in [4.69, 9.17) is 19.2 Å². The molecule has 2 aromatic carbocycles. The maximum absolute atomic E-state index is 13.3. The van der Waals surface area contributed by atoms with Crippen molar-refractivity contribution in [2.75, 3.05) is 46.6 Å². The summed E-state index contributed by atoms with van der Waals surface area (Å²) in [5.74, 6) is 1.11. The molecule has 2 amide bonds. The van der Waals surface area contributed by atoms with E-state index in [0.717, 1.165) is 24.8 Å². The maximum atomic E-state index is 13.3. The number of carbonyl (C=O) groups is 2. The van der Waals surface area contributed by atoms with Crippen molar-refractivity contribution in [1.82, 2.24) is 9.80 Å². The summed E-state index contributed by atoms with van der Waals surface area (Å²) in [5, 5.41) is 0.577. The molecule has 2 aliphatic heterocycles. The molecule has 8 nitrogen and oxygen atoms in total. The van der Waals surface area contributed by atoms with E-state index in [1.54, 1.807) is 29.0 Å². The molecule has 4 rings (SSSR count). The van der Waals surface area contributed by atoms with E-state index in [1.807, 2.05) is 43.3 Å². The van der Waals surface area contributed by atoms with Gasteiger partial charge in [-0.15, -0.1) is 0 Å². The Labute approximate surface area is 228 Å². The van der Waals surface area contributed by atoms with Gasteiger partial charge in [0.15, 0.2) is 16.7 Å². The number of para-hydroxylation sites is 1. The number of ether oxygens (including phenoxy) is 3. The Kier molecular flexibility index (Phi) is 9.84. The number of aliphatic imine (C=N–C) groups is 1. The van der Waals surface area contributed by atoms with E-state index in [-0.39, 0.29) is 11.8 Å². The molecule has 9 heteroatoms. The lowest BCUT2D eigenvalue weighted by molar-refractivity contribution is -0.122. The van der Waals surface area contributed by atoms with Gasteiger partial charge >= 0.3 is 0 Å². The monoisotopic (exact) mass is 537 g/mol. The van der Waals surface area contributed by atoms with Crippen LogP contribution in [0.25, 0.3) is 6.08 Å². The molecule has 38 heavy (non-hydrogen) atoms. The van der Waals surface area contributed by atoms with E-state index < -0.39 is 0 Å². The number of thioether (sulfide) groups is 1. The summed E-state index contributed by atoms with van der Waals surface area (Å²) >= 11 is 1.32. The summed E-state index contributed by atoms with van der Waals surface area (Å²) in [5.41, 5.74) is 1.98. The molecule has 0 atom stereocenters. The number of benzene rings is 2. The molecule has 202 valence electrons. The van der Waals surface area contributed by atoms with Gasteiger partial charge in [-0.05, 0) is 55.4 Å². The van der Waals surface area contributed by atoms with Crippen LogP contribution in [0.4, 0.5) is 5.69 Å². The van der Waals surface area contributed by atoms with Gasteiger partial charge in [0.05, 0.1) is 37.5 Å². The molecule has 0 N–H and O–H groups in total. The highest BCUT2D eigenvalue weighted by molar-refractivity contribution is 8.18. The third-order valence-corrected chi connectivity index (χ3v) is 7.34. The summed E-state index contributed by atoms with van der Waals surface area (Å²) in [6.07, 6.45) is 4.99. The summed E-state index contributed by atoms with van der Waals surface area (Å²) in [7, 11) is 1.61. The number of carbonyl (C=O) groups excluding carboxylic acids is 2. The molecular weight excluding hydrogens is 502 g/mol. The lowest BCUT2D eigenvalue weighted by Gasteiger charge is -2.26. The molecule has 0 unspecified atom stereocenters. The van der Waals surface area contributed by atoms with Crippen molar-refractivity contribution in [2.45, 2.75) is 33.1 Å². The van der Waals surface area contributed by atoms with Crippen LogP contribution >= 0.6 is 11.8 Å². The van der Waals surface area contributed by atoms with Crippen molar-refractivity contribution in [1.29, 1.82) is 0 Å². The highest BCUT2D eigenvalue weighted by Gasteiger charge is 2.32. The van der Waals surface area contributed by atoms with Gasteiger partial charge in [0.1, 0.15) is 0 Å². The topological polar surface area (TPSA) is 80.7 Å². The fourth-order valence-corrected chi connectivity index (χ4v) is 5.32. The van der Waals surface area contributed by atoms with Crippen LogP contribution in [0.2, 0.25) is 0 Å². The second kappa shape index (κ2) is 13.5. The number of amidine groups is 1. The highest BCUT2D eigenvalue weighted by Crippen LogP contribution is 2.38. The van der Waals surface area contributed by atoms with E-state index in [1.165, 1.54) is 11.8 Å². The molecule has 2 fully saturated rings. The Bertz CT molecular complexity index is 1210. The van der Waals surface area contributed by atoms with Crippen LogP contribution in [0.1, 0.15) is 49.0 Å². The maximum Gasteiger partial charge on any atom is 0.266 e. The Morgan fingerprint density at radius 2 is 1.92 bits per heavy atom. The summed E-state index contributed by atoms with van der Waals surface area (Å²) < 4.78 is 17.0. The van der Waals surface area contributed by atoms with E-state index in [0.29, 0.717) is 72.3 Å². The molecule has 0 aliphatic carbocycles. The predicted molar refractivity (Wildman–Crippen MR) is 151 cm³/mol. The number of methoxy groups -OCH3 is 1. The van der Waals surface area contributed by atoms with Crippen molar-refractivity contribution in [3.63, 3.8) is 0 Å². The van der Waals surface area contributed by atoms with Crippen LogP contribution in [-0.4, -0.2) is 73.3 Å². The lowest BCUT2D eigenvalue weighted by Crippen LogP contribution is -2.40. The van der Waals surface area contributed by atoms with Crippen LogP contribution in [0, 0.1) is 0 Å². The zero-order valence-electron chi connectivity index (χ0n) is 22.3. The van der Waals surface area contributed by atoms with Crippen molar-refractivity contribution >= 4 is 40.5 Å². The van der Waals surface area contributed by atoms with Crippen molar-refractivity contribution in [3.8, 4) is 11.5 Å². The van der Waals surface area contributed by atoms with Crippen LogP contribution in [0.5, 0.6) is 11.5 Å². The molecule has 0 radical (unpaired) electrons. The minimum Gasteiger partial charge on any atom is -0.493 e. The Morgan fingerprint density at radius 3 is 2.66 bits per heavy atom. The number of hydrogen-bond acceptors (Lipinski definition) is 7. The summed E-state index contributed by atoms with van der Waals surface area (Å²) in [6, 6.07) is 12.9. The average Bonchev–Trinajstić information content (AvgIpc) is 3.24. The number of rotatable bonds is 10. The highest BCUT2D eigenvalue weighted by atomic mass is 32.2. The molecule has 2 aliphatic rings. The smallest absolute Gasteiger partial charge is 0.266 e. The number of hydrogen-bond donors (Lipinski definition) is 0. The fourth-order valence-electron chi connectivity index (χ4n) is 4.27. The van der Waals surface area contributed by atoms with Crippen LogP contribution in [-0.2, 0) is 9.53 Å². The molecule has 2 aromatic rings. The van der Waals surface area contributed by atoms with E-state index in [2.05, 4.69) is 6.92 Å². The predicted octanol–water partition coefficient (Wildman–Crippen LogP) is 5.36. The van der Waals surface area contributed by atoms with Gasteiger partial charge in [0.25, 0.3) is 11.8 Å². The minimum atomic E-state index is -0.114. The SMILES string of the molecule is CCCCCOc1c(/C=C2/SC(=Nc3cccc(C(=O)N4CCOCC4)c3)N(CC)C2=O)cccc1OC. The van der Waals surface area contributed by atoms with Gasteiger partial charge in [-0.1, -0.05) is 38.0 Å². The third kappa shape index (κ3) is 6.57. The number of likely N-dealkylation sites (N-methyl/N-ethyl adjacent to an activating group) is 1. The lowest BCUT2D eigenvalue weighted by atomic mass is 10.1. The normalized spacial score (nSPS) is 17.9. The third-order valence-electron chi connectivity index (χ3n) is 6.33. The van der Waals surface area contributed by atoms with Gasteiger partial charge in [0.2, 0.25) is 0 Å². The summed E-state index contributed by atoms with van der Waals surface area (Å²) in [6.45, 7) is 7.38. The quantitative estimate of drug-likeness (QED) is 0.300. The largest absolute Gasteiger partial charge is 0.493 e. The minimum absolute atomic E-state index is 0.0390. The number of unbranched alkanes of at least 4 members (excludes halogenated alkanes) is 2. The first-order chi connectivity index (χ1) is 18.5. The van der Waals surface area contributed by atoms with Gasteiger partial charge in [0, 0.05) is 30.8 Å². The number of amides is 2. The molecule has 0 saturated carbocycles. The Morgan fingerprint density at radius 1 is 1.13 bits per heavy atom. The van der Waals surface area contributed by atoms with Gasteiger partial charge in [-0.25, -0.2) is 4.99 Å². The Hall–Kier alpha value is -3.30. The molecule has 2 saturated heterocycles. The average molecular weight is 538 g/mol. The first kappa shape index (κ1) is 27.7. The first-order valence-corrected chi connectivity index (χ1v) is 13.9. The standard InChI is InChI=1S/C29H35N3O5S/c1-4-6-7-16-37-26-21(10-9-13-24(26)35-3)20-25-28(34)32(5-2)29(38-25)30-23-12-8-11-22(19-23)27(33)31-14-17-36-18-15-31/h8-13,19-20H,4-7,14-18H2,1-3H3/b25-20+,30-29?. The molecule has 2 heterocycles. The summed E-state index contributed by atoms with van der Waals surface area (Å²) in [4.78, 5) is 35.0. The molecule has 0 bridgehead atoms. The van der Waals surface area contributed by atoms with Gasteiger partial charge < -0.3 is 19.1 Å². The van der Waals surface area contributed by atoms with Crippen LogP contribution in [0.3, 0.4) is 0 Å². The zero-order valence-corrected chi connectivity index (χ0v) is 23.1. The van der Waals surface area contributed by atoms with Gasteiger partial charge in [-0.3, -0.25) is 14.5 Å². The molecule has 0 spiro atoms. The second-order valence-corrected chi connectivity index (χ2v) is 9.95. The van der Waals surface area contributed by atoms with Crippen molar-refractivity contribution in [3.05, 3.63) is 58.5 Å². The van der Waals surface area contributed by atoms with Crippen molar-refractivity contribution < 1.29 is 23.8 Å². The molecule has 0 aromatic heterocycles.